The molecule has 0 aromatic heterocycles. The molecule has 0 bridgehead atoms. The van der Waals surface area contributed by atoms with Crippen LogP contribution in [0, 0.1) is 0 Å². The van der Waals surface area contributed by atoms with Crippen LogP contribution < -0.4 is 5.32 Å². The fourth-order valence-electron chi connectivity index (χ4n) is 2.09. The lowest BCUT2D eigenvalue weighted by molar-refractivity contribution is -0.137. The molecule has 1 aliphatic heterocycles. The van der Waals surface area contributed by atoms with Crippen molar-refractivity contribution in [3.05, 3.63) is 34.9 Å². The number of rotatable bonds is 2. The maximum absolute atomic E-state index is 12.7. The third-order valence-electron chi connectivity index (χ3n) is 3.03. The van der Waals surface area contributed by atoms with Crippen LogP contribution in [-0.4, -0.2) is 25.5 Å². The Balaban J connectivity index is 2.44. The minimum atomic E-state index is -4.42. The molecule has 6 heteroatoms. The zero-order chi connectivity index (χ0) is 14.0. The summed E-state index contributed by atoms with van der Waals surface area (Å²) < 4.78 is 43.6. The van der Waals surface area contributed by atoms with E-state index in [1.165, 1.54) is 13.0 Å². The molecule has 1 aliphatic rings. The zero-order valence-electron chi connectivity index (χ0n) is 10.4. The van der Waals surface area contributed by atoms with Gasteiger partial charge in [-0.2, -0.15) is 13.2 Å². The Morgan fingerprint density at radius 1 is 1.42 bits per heavy atom. The summed E-state index contributed by atoms with van der Waals surface area (Å²) in [5.74, 6) is -0.266. The van der Waals surface area contributed by atoms with E-state index >= 15 is 0 Å². The number of hydrogen-bond acceptors (Lipinski definition) is 3. The fraction of sp³-hybridized carbons (Fsp3) is 0.462. The van der Waals surface area contributed by atoms with E-state index in [4.69, 9.17) is 4.74 Å². The van der Waals surface area contributed by atoms with Crippen molar-refractivity contribution < 1.29 is 22.7 Å². The van der Waals surface area contributed by atoms with Crippen molar-refractivity contribution in [3.8, 4) is 0 Å². The van der Waals surface area contributed by atoms with E-state index in [2.05, 4.69) is 5.32 Å². The summed E-state index contributed by atoms with van der Waals surface area (Å²) in [6, 6.07) is 3.16. The highest BCUT2D eigenvalue weighted by Gasteiger charge is 2.32. The smallest absolute Gasteiger partial charge is 0.371 e. The van der Waals surface area contributed by atoms with Gasteiger partial charge in [-0.25, -0.2) is 0 Å². The first-order valence-electron chi connectivity index (χ1n) is 5.94. The average molecular weight is 273 g/mol. The summed E-state index contributed by atoms with van der Waals surface area (Å²) in [6.07, 6.45) is -4.94. The van der Waals surface area contributed by atoms with Crippen molar-refractivity contribution in [2.45, 2.75) is 19.2 Å². The van der Waals surface area contributed by atoms with Gasteiger partial charge in [0.05, 0.1) is 18.3 Å². The number of halogens is 3. The highest BCUT2D eigenvalue weighted by molar-refractivity contribution is 5.95. The quantitative estimate of drug-likeness (QED) is 0.842. The van der Waals surface area contributed by atoms with Crippen LogP contribution >= 0.6 is 0 Å². The standard InChI is InChI=1S/C13H14F3NO2/c1-8(18)10-3-2-9(13(14,15)16)6-11(10)12-7-17-4-5-19-12/h2-3,6,12,17H,4-5,7H2,1H3. The van der Waals surface area contributed by atoms with E-state index in [-0.39, 0.29) is 11.3 Å². The number of Topliss-reactive ketones (excluding diaryl/α,β-unsaturated/α-hetero) is 1. The number of nitrogens with one attached hydrogen (secondary N) is 1. The SMILES string of the molecule is CC(=O)c1ccc(C(F)(F)F)cc1C1CNCCO1. The summed E-state index contributed by atoms with van der Waals surface area (Å²) in [4.78, 5) is 11.5. The van der Waals surface area contributed by atoms with Gasteiger partial charge in [0.25, 0.3) is 0 Å². The maximum atomic E-state index is 12.7. The van der Waals surface area contributed by atoms with Crippen molar-refractivity contribution in [1.29, 1.82) is 0 Å². The van der Waals surface area contributed by atoms with Crippen molar-refractivity contribution in [1.82, 2.24) is 5.32 Å². The first kappa shape index (κ1) is 14.0. The zero-order valence-corrected chi connectivity index (χ0v) is 10.4. The molecule has 1 fully saturated rings. The Hall–Kier alpha value is -1.40. The molecular formula is C13H14F3NO2. The van der Waals surface area contributed by atoms with Crippen LogP contribution in [-0.2, 0) is 10.9 Å². The number of hydrogen-bond donors (Lipinski definition) is 1. The second-order valence-corrected chi connectivity index (χ2v) is 4.42. The molecule has 0 amide bonds. The van der Waals surface area contributed by atoms with Gasteiger partial charge in [0.2, 0.25) is 0 Å². The molecule has 1 aromatic rings. The van der Waals surface area contributed by atoms with E-state index < -0.39 is 17.8 Å². The molecule has 1 aromatic carbocycles. The Morgan fingerprint density at radius 3 is 2.68 bits per heavy atom. The number of alkyl halides is 3. The molecule has 1 unspecified atom stereocenters. The largest absolute Gasteiger partial charge is 0.416 e. The van der Waals surface area contributed by atoms with E-state index in [1.807, 2.05) is 0 Å². The second-order valence-electron chi connectivity index (χ2n) is 4.42. The fourth-order valence-corrected chi connectivity index (χ4v) is 2.09. The Morgan fingerprint density at radius 2 is 2.16 bits per heavy atom. The lowest BCUT2D eigenvalue weighted by atomic mass is 9.96. The van der Waals surface area contributed by atoms with Gasteiger partial charge in [-0.15, -0.1) is 0 Å². The summed E-state index contributed by atoms with van der Waals surface area (Å²) in [5, 5.41) is 3.04. The first-order valence-corrected chi connectivity index (χ1v) is 5.94. The monoisotopic (exact) mass is 273 g/mol. The molecule has 1 atom stereocenters. The number of morpholine rings is 1. The number of ketones is 1. The molecule has 0 radical (unpaired) electrons. The van der Waals surface area contributed by atoms with Gasteiger partial charge in [0, 0.05) is 18.7 Å². The lowest BCUT2D eigenvalue weighted by Gasteiger charge is -2.26. The van der Waals surface area contributed by atoms with Gasteiger partial charge in [-0.1, -0.05) is 6.07 Å². The van der Waals surface area contributed by atoms with Crippen LogP contribution in [0.5, 0.6) is 0 Å². The van der Waals surface area contributed by atoms with Gasteiger partial charge in [-0.05, 0) is 24.6 Å². The number of carbonyl (C=O) groups excluding carboxylic acids is 1. The molecule has 104 valence electrons. The predicted molar refractivity (Wildman–Crippen MR) is 63.0 cm³/mol. The number of carbonyl (C=O) groups is 1. The molecule has 19 heavy (non-hydrogen) atoms. The molecule has 0 saturated carbocycles. The van der Waals surface area contributed by atoms with E-state index in [9.17, 15) is 18.0 Å². The molecule has 1 N–H and O–H groups in total. The summed E-state index contributed by atoms with van der Waals surface area (Å²) in [5.41, 5.74) is -0.183. The molecule has 0 aliphatic carbocycles. The van der Waals surface area contributed by atoms with Gasteiger partial charge >= 0.3 is 6.18 Å². The highest BCUT2D eigenvalue weighted by atomic mass is 19.4. The van der Waals surface area contributed by atoms with Crippen LogP contribution in [0.25, 0.3) is 0 Å². The number of benzene rings is 1. The van der Waals surface area contributed by atoms with Crippen LogP contribution in [0.3, 0.4) is 0 Å². The molecular weight excluding hydrogens is 259 g/mol. The molecule has 2 rings (SSSR count). The van der Waals surface area contributed by atoms with E-state index in [0.29, 0.717) is 25.3 Å². The van der Waals surface area contributed by atoms with E-state index in [1.54, 1.807) is 0 Å². The third kappa shape index (κ3) is 3.13. The topological polar surface area (TPSA) is 38.3 Å². The normalized spacial score (nSPS) is 20.3. The average Bonchev–Trinajstić information content (AvgIpc) is 2.38. The molecule has 3 nitrogen and oxygen atoms in total. The Kier molecular flexibility index (Phi) is 3.91. The van der Waals surface area contributed by atoms with Crippen molar-refractivity contribution >= 4 is 5.78 Å². The highest BCUT2D eigenvalue weighted by Crippen LogP contribution is 2.33. The number of ether oxygens (including phenoxy) is 1. The summed E-state index contributed by atoms with van der Waals surface area (Å²) in [6.45, 7) is 2.81. The molecule has 1 saturated heterocycles. The van der Waals surface area contributed by atoms with Gasteiger partial charge in [-0.3, -0.25) is 4.79 Å². The van der Waals surface area contributed by atoms with Crippen LogP contribution in [0.4, 0.5) is 13.2 Å². The van der Waals surface area contributed by atoms with Crippen molar-refractivity contribution in [2.75, 3.05) is 19.7 Å². The van der Waals surface area contributed by atoms with Crippen LogP contribution in [0.15, 0.2) is 18.2 Å². The molecule has 0 spiro atoms. The first-order chi connectivity index (χ1) is 8.89. The second kappa shape index (κ2) is 5.30. The third-order valence-corrected chi connectivity index (χ3v) is 3.03. The van der Waals surface area contributed by atoms with Gasteiger partial charge < -0.3 is 10.1 Å². The maximum Gasteiger partial charge on any atom is 0.416 e. The van der Waals surface area contributed by atoms with Gasteiger partial charge in [0.15, 0.2) is 5.78 Å². The lowest BCUT2D eigenvalue weighted by Crippen LogP contribution is -2.34. The Labute approximate surface area is 108 Å². The minimum Gasteiger partial charge on any atom is -0.371 e. The Bertz CT molecular complexity index is 479. The molecule has 1 heterocycles. The van der Waals surface area contributed by atoms with Crippen LogP contribution in [0.1, 0.15) is 34.5 Å². The summed E-state index contributed by atoms with van der Waals surface area (Å²) >= 11 is 0. The van der Waals surface area contributed by atoms with Gasteiger partial charge in [0.1, 0.15) is 0 Å². The van der Waals surface area contributed by atoms with Crippen molar-refractivity contribution in [2.24, 2.45) is 0 Å². The van der Waals surface area contributed by atoms with Crippen LogP contribution in [0.2, 0.25) is 0 Å². The predicted octanol–water partition coefficient (Wildman–Crippen LogP) is 2.57. The summed E-state index contributed by atoms with van der Waals surface area (Å²) in [7, 11) is 0. The van der Waals surface area contributed by atoms with E-state index in [0.717, 1.165) is 12.1 Å². The minimum absolute atomic E-state index is 0.266. The van der Waals surface area contributed by atoms with Crippen molar-refractivity contribution in [3.63, 3.8) is 0 Å².